The molecule has 0 aromatic carbocycles. The summed E-state index contributed by atoms with van der Waals surface area (Å²) in [7, 11) is 0. The fourth-order valence-electron chi connectivity index (χ4n) is 0.322. The molecule has 0 aliphatic heterocycles. The van der Waals surface area contributed by atoms with Gasteiger partial charge in [0.05, 0.1) is 0 Å². The van der Waals surface area contributed by atoms with Gasteiger partial charge in [-0.3, -0.25) is 0 Å². The first kappa shape index (κ1) is 6.76. The van der Waals surface area contributed by atoms with Gasteiger partial charge >= 0.3 is 52.3 Å². The number of hydrogen-bond acceptors (Lipinski definition) is 1. The van der Waals surface area contributed by atoms with Gasteiger partial charge in [0.2, 0.25) is 0 Å². The second-order valence-electron chi connectivity index (χ2n) is 1.35. The standard InChI is InChI=1S/C4H10N.Sn.H/c1-3-5-4-2;;/h3,5H,4H2,1-2H3;;. The van der Waals surface area contributed by atoms with E-state index in [9.17, 15) is 0 Å². The van der Waals surface area contributed by atoms with E-state index >= 15 is 0 Å². The van der Waals surface area contributed by atoms with Crippen LogP contribution < -0.4 is 5.32 Å². The van der Waals surface area contributed by atoms with E-state index in [1.54, 1.807) is 0 Å². The Kier molecular flexibility index (Phi) is 4.43. The van der Waals surface area contributed by atoms with Crippen LogP contribution >= 0.6 is 0 Å². The van der Waals surface area contributed by atoms with Gasteiger partial charge in [0, 0.05) is 0 Å². The van der Waals surface area contributed by atoms with Gasteiger partial charge in [0.25, 0.3) is 0 Å². The van der Waals surface area contributed by atoms with Crippen LogP contribution in [0.2, 0.25) is 0 Å². The van der Waals surface area contributed by atoms with Crippen LogP contribution in [0.15, 0.2) is 0 Å². The van der Waals surface area contributed by atoms with Gasteiger partial charge < -0.3 is 0 Å². The van der Waals surface area contributed by atoms with Crippen molar-refractivity contribution >= 4 is 22.5 Å². The first-order valence-corrected chi connectivity index (χ1v) is 4.16. The van der Waals surface area contributed by atoms with Gasteiger partial charge in [-0.25, -0.2) is 0 Å². The summed E-state index contributed by atoms with van der Waals surface area (Å²) in [4.78, 5) is 0. The summed E-state index contributed by atoms with van der Waals surface area (Å²) >= 11 is 1.32. The van der Waals surface area contributed by atoms with Crippen LogP contribution in [0.4, 0.5) is 0 Å². The number of hydrogen-bond donors (Lipinski definition) is 1. The molecule has 0 saturated heterocycles. The molecule has 1 nitrogen and oxygen atoms in total. The summed E-state index contributed by atoms with van der Waals surface area (Å²) in [6, 6.07) is 0. The van der Waals surface area contributed by atoms with Crippen molar-refractivity contribution in [3.63, 3.8) is 0 Å². The quantitative estimate of drug-likeness (QED) is 0.599. The molecule has 0 aromatic heterocycles. The Bertz CT molecular complexity index is 28.7. The summed E-state index contributed by atoms with van der Waals surface area (Å²) < 4.78 is 0.778. The van der Waals surface area contributed by atoms with E-state index in [-0.39, 0.29) is 0 Å². The van der Waals surface area contributed by atoms with Crippen molar-refractivity contribution in [2.45, 2.75) is 17.9 Å². The predicted octanol–water partition coefficient (Wildman–Crippen LogP) is -0.157. The Morgan fingerprint density at radius 2 is 2.33 bits per heavy atom. The molecule has 0 aliphatic rings. The Labute approximate surface area is 52.6 Å². The van der Waals surface area contributed by atoms with E-state index in [0.717, 1.165) is 10.6 Å². The normalized spacial score (nSPS) is 14.5. The maximum absolute atomic E-state index is 3.27. The minimum absolute atomic E-state index is 0.778. The summed E-state index contributed by atoms with van der Waals surface area (Å²) in [6.07, 6.45) is 0. The molecule has 0 rings (SSSR count). The van der Waals surface area contributed by atoms with Gasteiger partial charge in [0.15, 0.2) is 0 Å². The van der Waals surface area contributed by atoms with Crippen molar-refractivity contribution in [1.29, 1.82) is 0 Å². The Hall–Kier alpha value is 0.759. The molecule has 0 amide bonds. The number of rotatable bonds is 2. The fourth-order valence-corrected chi connectivity index (χ4v) is 0.995. The minimum atomic E-state index is 0.778. The van der Waals surface area contributed by atoms with Gasteiger partial charge in [-0.1, -0.05) is 0 Å². The molecule has 0 spiro atoms. The molecule has 1 N–H and O–H groups in total. The monoisotopic (exact) mass is 193 g/mol. The molecular weight excluding hydrogens is 181 g/mol. The van der Waals surface area contributed by atoms with E-state index in [4.69, 9.17) is 0 Å². The van der Waals surface area contributed by atoms with Crippen molar-refractivity contribution in [2.75, 3.05) is 6.54 Å². The molecule has 0 bridgehead atoms. The van der Waals surface area contributed by atoms with Crippen LogP contribution in [-0.2, 0) is 0 Å². The molecule has 0 aliphatic carbocycles. The summed E-state index contributed by atoms with van der Waals surface area (Å²) in [6.45, 7) is 5.45. The second kappa shape index (κ2) is 3.93. The Morgan fingerprint density at radius 1 is 1.83 bits per heavy atom. The van der Waals surface area contributed by atoms with Gasteiger partial charge in [0.1, 0.15) is 0 Å². The molecule has 1 atom stereocenters. The third-order valence-corrected chi connectivity index (χ3v) is 1.20. The Balaban J connectivity index is 2.63. The first-order valence-electron chi connectivity index (χ1n) is 2.26. The third kappa shape index (κ3) is 4.76. The fraction of sp³-hybridized carbons (Fsp3) is 1.00. The molecule has 0 fully saturated rings. The molecule has 2 heteroatoms. The van der Waals surface area contributed by atoms with Crippen LogP contribution in [0, 0.1) is 0 Å². The molecule has 36 valence electrons. The predicted molar refractivity (Wildman–Crippen MR) is 30.3 cm³/mol. The third-order valence-electron chi connectivity index (χ3n) is 0.526. The van der Waals surface area contributed by atoms with Crippen LogP contribution in [0.3, 0.4) is 0 Å². The summed E-state index contributed by atoms with van der Waals surface area (Å²) in [5.41, 5.74) is 0. The Morgan fingerprint density at radius 3 is 2.33 bits per heavy atom. The average Bonchev–Trinajstić information content (AvgIpc) is 1.35. The average molecular weight is 192 g/mol. The number of nitrogens with one attached hydrogen (secondary N) is 1. The van der Waals surface area contributed by atoms with E-state index in [1.165, 1.54) is 22.5 Å². The van der Waals surface area contributed by atoms with Gasteiger partial charge in [-0.15, -0.1) is 0 Å². The van der Waals surface area contributed by atoms with Crippen molar-refractivity contribution in [2.24, 2.45) is 0 Å². The van der Waals surface area contributed by atoms with Gasteiger partial charge in [-0.2, -0.15) is 0 Å². The first-order chi connectivity index (χ1) is 2.77. The van der Waals surface area contributed by atoms with Crippen LogP contribution in [0.5, 0.6) is 0 Å². The molecule has 6 heavy (non-hydrogen) atoms. The molecule has 0 heterocycles. The van der Waals surface area contributed by atoms with Crippen LogP contribution in [-0.4, -0.2) is 33.1 Å². The zero-order valence-electron chi connectivity index (χ0n) is 4.36. The van der Waals surface area contributed by atoms with Crippen molar-refractivity contribution < 1.29 is 0 Å². The van der Waals surface area contributed by atoms with Crippen molar-refractivity contribution in [3.8, 4) is 0 Å². The SMILES string of the molecule is CCN[CH](C)[SnH]. The molecule has 2 radical (unpaired) electrons. The van der Waals surface area contributed by atoms with Crippen molar-refractivity contribution in [1.82, 2.24) is 5.32 Å². The van der Waals surface area contributed by atoms with Crippen LogP contribution in [0.25, 0.3) is 0 Å². The summed E-state index contributed by atoms with van der Waals surface area (Å²) in [5, 5.41) is 3.27. The molecule has 0 saturated carbocycles. The second-order valence-corrected chi connectivity index (χ2v) is 4.20. The van der Waals surface area contributed by atoms with E-state index in [2.05, 4.69) is 19.2 Å². The summed E-state index contributed by atoms with van der Waals surface area (Å²) in [5.74, 6) is 0. The van der Waals surface area contributed by atoms with E-state index < -0.39 is 0 Å². The molecule has 1 unspecified atom stereocenters. The molecular formula is C4H11NSn. The van der Waals surface area contributed by atoms with Gasteiger partial charge in [-0.05, 0) is 0 Å². The van der Waals surface area contributed by atoms with E-state index in [0.29, 0.717) is 0 Å². The topological polar surface area (TPSA) is 12.0 Å². The van der Waals surface area contributed by atoms with Crippen LogP contribution in [0.1, 0.15) is 13.8 Å². The maximum atomic E-state index is 3.27. The molecule has 0 aromatic rings. The zero-order valence-corrected chi connectivity index (χ0v) is 7.66. The van der Waals surface area contributed by atoms with E-state index in [1.807, 2.05) is 0 Å². The zero-order chi connectivity index (χ0) is 4.99. The van der Waals surface area contributed by atoms with Crippen molar-refractivity contribution in [3.05, 3.63) is 0 Å².